The van der Waals surface area contributed by atoms with E-state index >= 15 is 0 Å². The number of carbonyl (C=O) groups is 1. The number of aliphatic carboxylic acids is 1. The van der Waals surface area contributed by atoms with E-state index in [9.17, 15) is 4.79 Å². The number of carboxylic acids is 1. The van der Waals surface area contributed by atoms with Crippen molar-refractivity contribution in [3.63, 3.8) is 0 Å². The zero-order chi connectivity index (χ0) is 17.1. The van der Waals surface area contributed by atoms with Crippen molar-refractivity contribution < 1.29 is 14.6 Å². The Balaban J connectivity index is 2.19. The Bertz CT molecular complexity index is 883. The fourth-order valence-electron chi connectivity index (χ4n) is 2.82. The Morgan fingerprint density at radius 3 is 2.79 bits per heavy atom. The van der Waals surface area contributed by atoms with Crippen molar-refractivity contribution in [3.8, 4) is 17.0 Å². The molecule has 2 aromatic heterocycles. The molecule has 0 aliphatic rings. The molecule has 1 N–H and O–H groups in total. The number of hydrogen-bond acceptors (Lipinski definition) is 3. The van der Waals surface area contributed by atoms with E-state index in [2.05, 4.69) is 0 Å². The summed E-state index contributed by atoms with van der Waals surface area (Å²) in [6, 6.07) is 11.7. The largest absolute Gasteiger partial charge is 0.493 e. The van der Waals surface area contributed by atoms with Crippen molar-refractivity contribution in [2.45, 2.75) is 26.7 Å². The van der Waals surface area contributed by atoms with Gasteiger partial charge in [0.05, 0.1) is 24.4 Å². The van der Waals surface area contributed by atoms with Gasteiger partial charge < -0.3 is 14.2 Å². The first-order chi connectivity index (χ1) is 11.6. The van der Waals surface area contributed by atoms with Gasteiger partial charge in [0.15, 0.2) is 0 Å². The average molecular weight is 324 g/mol. The number of aromatic nitrogens is 2. The van der Waals surface area contributed by atoms with Crippen LogP contribution in [0.1, 0.15) is 24.6 Å². The molecule has 0 unspecified atom stereocenters. The molecule has 0 radical (unpaired) electrons. The van der Waals surface area contributed by atoms with Crippen LogP contribution in [0.4, 0.5) is 0 Å². The Morgan fingerprint density at radius 1 is 1.25 bits per heavy atom. The van der Waals surface area contributed by atoms with Crippen molar-refractivity contribution in [2.24, 2.45) is 0 Å². The topological polar surface area (TPSA) is 63.8 Å². The Hall–Kier alpha value is -2.82. The number of fused-ring (bicyclic) bond motifs is 1. The summed E-state index contributed by atoms with van der Waals surface area (Å²) in [5.74, 6) is -0.0571. The monoisotopic (exact) mass is 324 g/mol. The molecule has 0 atom stereocenters. The van der Waals surface area contributed by atoms with Crippen LogP contribution in [0.5, 0.6) is 5.75 Å². The van der Waals surface area contributed by atoms with Crippen molar-refractivity contribution in [3.05, 3.63) is 53.9 Å². The molecule has 5 nitrogen and oxygen atoms in total. The lowest BCUT2D eigenvalue weighted by atomic mass is 10.1. The molecule has 0 spiro atoms. The summed E-state index contributed by atoms with van der Waals surface area (Å²) in [5.41, 5.74) is 4.47. The Labute approximate surface area is 140 Å². The Morgan fingerprint density at radius 2 is 2.04 bits per heavy atom. The van der Waals surface area contributed by atoms with Crippen LogP contribution in [-0.4, -0.2) is 27.1 Å². The SMILES string of the molecule is CCOc1ccccc1-c1nc2ccc(C)cn2c1CCC(=O)O. The summed E-state index contributed by atoms with van der Waals surface area (Å²) in [4.78, 5) is 15.8. The van der Waals surface area contributed by atoms with Crippen LogP contribution < -0.4 is 4.74 Å². The molecule has 0 saturated heterocycles. The van der Waals surface area contributed by atoms with Gasteiger partial charge in [0.25, 0.3) is 0 Å². The predicted molar refractivity (Wildman–Crippen MR) is 92.5 cm³/mol. The summed E-state index contributed by atoms with van der Waals surface area (Å²) in [7, 11) is 0. The van der Waals surface area contributed by atoms with Gasteiger partial charge in [-0.05, 0) is 37.6 Å². The van der Waals surface area contributed by atoms with E-state index in [1.54, 1.807) is 0 Å². The molecule has 3 aromatic rings. The maximum atomic E-state index is 11.1. The molecule has 124 valence electrons. The standard InChI is InChI=1S/C19H20N2O3/c1-3-24-16-7-5-4-6-14(16)19-15(9-11-18(22)23)21-12-13(2)8-10-17(21)20-19/h4-8,10,12H,3,9,11H2,1-2H3,(H,22,23). The third kappa shape index (κ3) is 3.11. The van der Waals surface area contributed by atoms with Crippen LogP contribution in [0.15, 0.2) is 42.6 Å². The second kappa shape index (κ2) is 6.74. The van der Waals surface area contributed by atoms with Gasteiger partial charge in [0, 0.05) is 18.2 Å². The maximum absolute atomic E-state index is 11.1. The van der Waals surface area contributed by atoms with Crippen LogP contribution in [0.3, 0.4) is 0 Å². The molecule has 24 heavy (non-hydrogen) atoms. The molecule has 0 aliphatic carbocycles. The minimum Gasteiger partial charge on any atom is -0.493 e. The highest BCUT2D eigenvalue weighted by atomic mass is 16.5. The molecular weight excluding hydrogens is 304 g/mol. The van der Waals surface area contributed by atoms with Gasteiger partial charge in [-0.25, -0.2) is 4.98 Å². The van der Waals surface area contributed by atoms with Gasteiger partial charge in [0.2, 0.25) is 0 Å². The fourth-order valence-corrected chi connectivity index (χ4v) is 2.82. The molecule has 5 heteroatoms. The van der Waals surface area contributed by atoms with E-state index < -0.39 is 5.97 Å². The lowest BCUT2D eigenvalue weighted by molar-refractivity contribution is -0.136. The number of rotatable bonds is 6. The highest BCUT2D eigenvalue weighted by Crippen LogP contribution is 2.33. The first-order valence-electron chi connectivity index (χ1n) is 8.01. The molecule has 3 rings (SSSR count). The summed E-state index contributed by atoms with van der Waals surface area (Å²) in [5, 5.41) is 9.08. The molecular formula is C19H20N2O3. The lowest BCUT2D eigenvalue weighted by Crippen LogP contribution is -2.02. The number of imidazole rings is 1. The minimum absolute atomic E-state index is 0.0610. The normalized spacial score (nSPS) is 10.9. The van der Waals surface area contributed by atoms with Crippen molar-refractivity contribution >= 4 is 11.6 Å². The maximum Gasteiger partial charge on any atom is 0.303 e. The van der Waals surface area contributed by atoms with Gasteiger partial charge in [-0.1, -0.05) is 18.2 Å². The van der Waals surface area contributed by atoms with Gasteiger partial charge >= 0.3 is 5.97 Å². The molecule has 0 saturated carbocycles. The molecule has 0 aliphatic heterocycles. The summed E-state index contributed by atoms with van der Waals surface area (Å²) >= 11 is 0. The predicted octanol–water partition coefficient (Wildman–Crippen LogP) is 3.73. The van der Waals surface area contributed by atoms with Crippen molar-refractivity contribution in [1.29, 1.82) is 0 Å². The van der Waals surface area contributed by atoms with Crippen LogP contribution in [0, 0.1) is 6.92 Å². The zero-order valence-corrected chi connectivity index (χ0v) is 13.8. The van der Waals surface area contributed by atoms with Crippen molar-refractivity contribution in [1.82, 2.24) is 9.38 Å². The van der Waals surface area contributed by atoms with Crippen LogP contribution in [0.25, 0.3) is 16.9 Å². The number of aryl methyl sites for hydroxylation is 2. The lowest BCUT2D eigenvalue weighted by Gasteiger charge is -2.10. The molecule has 2 heterocycles. The third-order valence-electron chi connectivity index (χ3n) is 3.88. The number of pyridine rings is 1. The quantitative estimate of drug-likeness (QED) is 0.750. The van der Waals surface area contributed by atoms with E-state index in [0.29, 0.717) is 13.0 Å². The molecule has 0 amide bonds. The van der Waals surface area contributed by atoms with E-state index in [4.69, 9.17) is 14.8 Å². The number of carboxylic acid groups (broad SMARTS) is 1. The number of nitrogens with zero attached hydrogens (tertiary/aromatic N) is 2. The van der Waals surface area contributed by atoms with Gasteiger partial charge in [0.1, 0.15) is 11.4 Å². The average Bonchev–Trinajstić information content (AvgIpc) is 2.91. The highest BCUT2D eigenvalue weighted by molar-refractivity contribution is 5.73. The number of benzene rings is 1. The van der Waals surface area contributed by atoms with Crippen molar-refractivity contribution in [2.75, 3.05) is 6.61 Å². The second-order valence-corrected chi connectivity index (χ2v) is 5.66. The van der Waals surface area contributed by atoms with Crippen LogP contribution in [-0.2, 0) is 11.2 Å². The van der Waals surface area contributed by atoms with E-state index in [0.717, 1.165) is 33.9 Å². The zero-order valence-electron chi connectivity index (χ0n) is 13.8. The fraction of sp³-hybridized carbons (Fsp3) is 0.263. The summed E-state index contributed by atoms with van der Waals surface area (Å²) < 4.78 is 7.71. The number of hydrogen-bond donors (Lipinski definition) is 1. The first kappa shape index (κ1) is 16.1. The van der Waals surface area contributed by atoms with Crippen LogP contribution >= 0.6 is 0 Å². The number of ether oxygens (including phenoxy) is 1. The van der Waals surface area contributed by atoms with Gasteiger partial charge in [-0.3, -0.25) is 4.79 Å². The third-order valence-corrected chi connectivity index (χ3v) is 3.88. The van der Waals surface area contributed by atoms with E-state index in [1.165, 1.54) is 0 Å². The van der Waals surface area contributed by atoms with E-state index in [-0.39, 0.29) is 6.42 Å². The minimum atomic E-state index is -0.818. The molecule has 0 bridgehead atoms. The second-order valence-electron chi connectivity index (χ2n) is 5.66. The highest BCUT2D eigenvalue weighted by Gasteiger charge is 2.18. The smallest absolute Gasteiger partial charge is 0.303 e. The van der Waals surface area contributed by atoms with Gasteiger partial charge in [-0.2, -0.15) is 0 Å². The first-order valence-corrected chi connectivity index (χ1v) is 8.01. The summed E-state index contributed by atoms with van der Waals surface area (Å²) in [6.45, 7) is 4.51. The molecule has 1 aromatic carbocycles. The molecule has 0 fully saturated rings. The van der Waals surface area contributed by atoms with Crippen LogP contribution in [0.2, 0.25) is 0 Å². The number of para-hydroxylation sites is 1. The van der Waals surface area contributed by atoms with E-state index in [1.807, 2.05) is 60.8 Å². The summed E-state index contributed by atoms with van der Waals surface area (Å²) in [6.07, 6.45) is 2.47. The Kier molecular flexibility index (Phi) is 4.51. The van der Waals surface area contributed by atoms with Gasteiger partial charge in [-0.15, -0.1) is 0 Å².